The normalized spacial score (nSPS) is 11.4. The molecule has 0 aliphatic heterocycles. The van der Waals surface area contributed by atoms with Gasteiger partial charge in [0.1, 0.15) is 24.3 Å². The van der Waals surface area contributed by atoms with E-state index in [1.54, 1.807) is 20.8 Å². The van der Waals surface area contributed by atoms with Crippen molar-refractivity contribution in [3.63, 3.8) is 0 Å². The van der Waals surface area contributed by atoms with Crippen molar-refractivity contribution in [2.75, 3.05) is 0 Å². The first-order chi connectivity index (χ1) is 9.76. The molecule has 2 aromatic rings. The summed E-state index contributed by atoms with van der Waals surface area (Å²) in [6.07, 6.45) is 1.25. The average Bonchev–Trinajstić information content (AvgIpc) is 2.70. The summed E-state index contributed by atoms with van der Waals surface area (Å²) in [6.45, 7) is 5.01. The Hall–Kier alpha value is -2.44. The van der Waals surface area contributed by atoms with Crippen molar-refractivity contribution in [3.05, 3.63) is 46.9 Å². The molecule has 21 heavy (non-hydrogen) atoms. The van der Waals surface area contributed by atoms with Gasteiger partial charge in [-0.1, -0.05) is 0 Å². The fraction of sp³-hybridized carbons (Fsp3) is 0.357. The van der Waals surface area contributed by atoms with Crippen molar-refractivity contribution < 1.29 is 13.9 Å². The Bertz CT molecular complexity index is 695. The maximum Gasteiger partial charge on any atom is 0.351 e. The van der Waals surface area contributed by atoms with Crippen molar-refractivity contribution in [2.45, 2.75) is 32.9 Å². The molecule has 0 aliphatic rings. The Balaban J connectivity index is 2.20. The molecule has 1 heterocycles. The Morgan fingerprint density at radius 3 is 2.48 bits per heavy atom. The second-order valence-corrected chi connectivity index (χ2v) is 5.52. The highest BCUT2D eigenvalue weighted by atomic mass is 19.1. The van der Waals surface area contributed by atoms with Crippen LogP contribution >= 0.6 is 0 Å². The van der Waals surface area contributed by atoms with Gasteiger partial charge < -0.3 is 4.74 Å². The van der Waals surface area contributed by atoms with Crippen LogP contribution < -0.4 is 5.69 Å². The standard InChI is InChI=1S/C14H16FN3O3/c1-14(2,3)21-12(19)8-17-9-16-18(13(17)20)11-6-4-10(15)5-7-11/h4-7,9H,8H2,1-3H3. The Labute approximate surface area is 120 Å². The molecular formula is C14H16FN3O3. The van der Waals surface area contributed by atoms with E-state index in [0.29, 0.717) is 5.69 Å². The third kappa shape index (κ3) is 3.77. The van der Waals surface area contributed by atoms with Crippen LogP contribution in [0.3, 0.4) is 0 Å². The number of nitrogens with zero attached hydrogens (tertiary/aromatic N) is 3. The lowest BCUT2D eigenvalue weighted by atomic mass is 10.2. The summed E-state index contributed by atoms with van der Waals surface area (Å²) in [5.74, 6) is -0.928. The molecule has 0 N–H and O–H groups in total. The van der Waals surface area contributed by atoms with Crippen LogP contribution in [0.15, 0.2) is 35.4 Å². The number of carbonyl (C=O) groups is 1. The molecule has 0 amide bonds. The SMILES string of the molecule is CC(C)(C)OC(=O)Cn1cnn(-c2ccc(F)cc2)c1=O. The lowest BCUT2D eigenvalue weighted by Crippen LogP contribution is -2.31. The number of ether oxygens (including phenoxy) is 1. The maximum atomic E-state index is 12.9. The van der Waals surface area contributed by atoms with Crippen molar-refractivity contribution in [2.24, 2.45) is 0 Å². The van der Waals surface area contributed by atoms with Crippen molar-refractivity contribution in [1.82, 2.24) is 14.3 Å². The van der Waals surface area contributed by atoms with E-state index in [2.05, 4.69) is 5.10 Å². The van der Waals surface area contributed by atoms with Crippen molar-refractivity contribution >= 4 is 5.97 Å². The zero-order chi connectivity index (χ0) is 15.6. The van der Waals surface area contributed by atoms with E-state index in [1.807, 2.05) is 0 Å². The fourth-order valence-corrected chi connectivity index (χ4v) is 1.72. The summed E-state index contributed by atoms with van der Waals surface area (Å²) >= 11 is 0. The molecule has 1 aromatic heterocycles. The zero-order valence-corrected chi connectivity index (χ0v) is 12.0. The van der Waals surface area contributed by atoms with Crippen LogP contribution in [0, 0.1) is 5.82 Å². The van der Waals surface area contributed by atoms with E-state index < -0.39 is 23.1 Å². The lowest BCUT2D eigenvalue weighted by Gasteiger charge is -2.19. The van der Waals surface area contributed by atoms with Crippen molar-refractivity contribution in [3.8, 4) is 5.69 Å². The topological polar surface area (TPSA) is 66.1 Å². The summed E-state index contributed by atoms with van der Waals surface area (Å²) in [6, 6.07) is 5.33. The molecule has 1 aromatic carbocycles. The molecule has 0 saturated carbocycles. The van der Waals surface area contributed by atoms with Gasteiger partial charge in [-0.05, 0) is 45.0 Å². The fourth-order valence-electron chi connectivity index (χ4n) is 1.72. The minimum absolute atomic E-state index is 0.225. The van der Waals surface area contributed by atoms with E-state index in [0.717, 1.165) is 9.25 Å². The first-order valence-electron chi connectivity index (χ1n) is 6.38. The summed E-state index contributed by atoms with van der Waals surface area (Å²) in [7, 11) is 0. The number of esters is 1. The predicted octanol–water partition coefficient (Wildman–Crippen LogP) is 1.51. The van der Waals surface area contributed by atoms with Gasteiger partial charge in [0.2, 0.25) is 0 Å². The number of rotatable bonds is 3. The molecule has 0 saturated heterocycles. The third-order valence-corrected chi connectivity index (χ3v) is 2.52. The number of aromatic nitrogens is 3. The summed E-state index contributed by atoms with van der Waals surface area (Å²) in [4.78, 5) is 23.8. The van der Waals surface area contributed by atoms with Gasteiger partial charge in [-0.25, -0.2) is 9.18 Å². The number of hydrogen-bond acceptors (Lipinski definition) is 4. The number of hydrogen-bond donors (Lipinski definition) is 0. The summed E-state index contributed by atoms with van der Waals surface area (Å²) < 4.78 is 20.2. The van der Waals surface area contributed by atoms with Crippen LogP contribution in [-0.4, -0.2) is 25.9 Å². The Morgan fingerprint density at radius 1 is 1.29 bits per heavy atom. The highest BCUT2D eigenvalue weighted by Gasteiger charge is 2.18. The van der Waals surface area contributed by atoms with Crippen molar-refractivity contribution in [1.29, 1.82) is 0 Å². The maximum absolute atomic E-state index is 12.9. The van der Waals surface area contributed by atoms with Gasteiger partial charge in [-0.3, -0.25) is 9.36 Å². The van der Waals surface area contributed by atoms with Gasteiger partial charge in [0.15, 0.2) is 0 Å². The molecule has 0 atom stereocenters. The lowest BCUT2D eigenvalue weighted by molar-refractivity contribution is -0.155. The highest BCUT2D eigenvalue weighted by molar-refractivity contribution is 5.69. The van der Waals surface area contributed by atoms with E-state index in [4.69, 9.17) is 4.74 Å². The van der Waals surface area contributed by atoms with Gasteiger partial charge in [0, 0.05) is 0 Å². The van der Waals surface area contributed by atoms with Crippen LogP contribution in [0.25, 0.3) is 5.69 Å². The second-order valence-electron chi connectivity index (χ2n) is 5.52. The molecule has 7 heteroatoms. The van der Waals surface area contributed by atoms with Crippen LogP contribution in [0.5, 0.6) is 0 Å². The molecule has 0 spiro atoms. The Kier molecular flexibility index (Phi) is 3.93. The zero-order valence-electron chi connectivity index (χ0n) is 12.0. The average molecular weight is 293 g/mol. The third-order valence-electron chi connectivity index (χ3n) is 2.52. The minimum atomic E-state index is -0.617. The van der Waals surface area contributed by atoms with E-state index in [1.165, 1.54) is 30.6 Å². The molecule has 0 radical (unpaired) electrons. The number of benzene rings is 1. The molecule has 112 valence electrons. The van der Waals surface area contributed by atoms with Crippen LogP contribution in [0.1, 0.15) is 20.8 Å². The molecule has 0 bridgehead atoms. The number of carbonyl (C=O) groups excluding carboxylic acids is 1. The highest BCUT2D eigenvalue weighted by Crippen LogP contribution is 2.08. The first kappa shape index (κ1) is 15.0. The monoisotopic (exact) mass is 293 g/mol. The smallest absolute Gasteiger partial charge is 0.351 e. The molecule has 6 nitrogen and oxygen atoms in total. The summed E-state index contributed by atoms with van der Waals surface area (Å²) in [5, 5.41) is 3.90. The van der Waals surface area contributed by atoms with Gasteiger partial charge in [0.05, 0.1) is 5.69 Å². The van der Waals surface area contributed by atoms with E-state index >= 15 is 0 Å². The van der Waals surface area contributed by atoms with Crippen LogP contribution in [-0.2, 0) is 16.1 Å². The molecule has 2 rings (SSSR count). The van der Waals surface area contributed by atoms with Gasteiger partial charge in [0.25, 0.3) is 0 Å². The van der Waals surface area contributed by atoms with Crippen LogP contribution in [0.2, 0.25) is 0 Å². The van der Waals surface area contributed by atoms with Gasteiger partial charge in [-0.2, -0.15) is 9.78 Å². The molecule has 0 fully saturated rings. The van der Waals surface area contributed by atoms with Gasteiger partial charge in [-0.15, -0.1) is 0 Å². The van der Waals surface area contributed by atoms with Crippen LogP contribution in [0.4, 0.5) is 4.39 Å². The molecule has 0 unspecified atom stereocenters. The second kappa shape index (κ2) is 5.51. The van der Waals surface area contributed by atoms with Gasteiger partial charge >= 0.3 is 11.7 Å². The quantitative estimate of drug-likeness (QED) is 0.805. The number of halogens is 1. The Morgan fingerprint density at radius 2 is 1.90 bits per heavy atom. The molecular weight excluding hydrogens is 277 g/mol. The predicted molar refractivity (Wildman–Crippen MR) is 73.6 cm³/mol. The largest absolute Gasteiger partial charge is 0.459 e. The van der Waals surface area contributed by atoms with E-state index in [9.17, 15) is 14.0 Å². The minimum Gasteiger partial charge on any atom is -0.459 e. The van der Waals surface area contributed by atoms with E-state index in [-0.39, 0.29) is 6.54 Å². The first-order valence-corrected chi connectivity index (χ1v) is 6.38. The molecule has 0 aliphatic carbocycles. The summed E-state index contributed by atoms with van der Waals surface area (Å²) in [5.41, 5.74) is -0.690.